The summed E-state index contributed by atoms with van der Waals surface area (Å²) in [6.07, 6.45) is 0. The van der Waals surface area contributed by atoms with Gasteiger partial charge in [-0.25, -0.2) is 0 Å². The van der Waals surface area contributed by atoms with E-state index in [9.17, 15) is 0 Å². The Morgan fingerprint density at radius 2 is 1.17 bits per heavy atom. The van der Waals surface area contributed by atoms with Gasteiger partial charge in [0.25, 0.3) is 0 Å². The molecule has 2 saturated heterocycles. The maximum absolute atomic E-state index is 8.74. The van der Waals surface area contributed by atoms with Crippen LogP contribution in [0.1, 0.15) is 0 Å². The average Bonchev–Trinajstić information content (AvgIpc) is 2.71. The number of hydrogen-bond donors (Lipinski definition) is 2. The minimum Gasteiger partial charge on any atom is -0.267 e. The number of quaternary nitrogens is 2. The van der Waals surface area contributed by atoms with E-state index in [1.54, 1.807) is 0 Å². The van der Waals surface area contributed by atoms with E-state index in [4.69, 9.17) is 40.7 Å². The Bertz CT molecular complexity index is 341. The number of alkyl halides is 2. The summed E-state index contributed by atoms with van der Waals surface area (Å²) in [6, 6.07) is 0. The van der Waals surface area contributed by atoms with Gasteiger partial charge >= 0.3 is 10.4 Å². The molecule has 0 aromatic heterocycles. The molecule has 18 heavy (non-hydrogen) atoms. The van der Waals surface area contributed by atoms with Crippen molar-refractivity contribution >= 4 is 33.6 Å². The molecule has 9 heteroatoms. The average molecular weight is 323 g/mol. The standard InChI is InChI=1S/C9H18Cl2N2.H2O4S/c10-1-3-12-5-7-13(9-12,4-2-11)8-6-12;1-5(2,3)4/h1-9H2;(H2,1,2,3,4)/q+2;. The van der Waals surface area contributed by atoms with Crippen LogP contribution in [-0.2, 0) is 10.4 Å². The van der Waals surface area contributed by atoms with Gasteiger partial charge in [-0.2, -0.15) is 8.42 Å². The summed E-state index contributed by atoms with van der Waals surface area (Å²) in [5, 5.41) is 0. The molecular weight excluding hydrogens is 303 g/mol. The van der Waals surface area contributed by atoms with Gasteiger partial charge in [-0.1, -0.05) is 0 Å². The molecule has 2 bridgehead atoms. The largest absolute Gasteiger partial charge is 0.394 e. The Labute approximate surface area is 118 Å². The molecule has 6 nitrogen and oxygen atoms in total. The fraction of sp³-hybridized carbons (Fsp3) is 1.00. The fourth-order valence-corrected chi connectivity index (χ4v) is 3.66. The Balaban J connectivity index is 0.000000280. The molecule has 0 unspecified atom stereocenters. The monoisotopic (exact) mass is 322 g/mol. The molecular formula is C9H20Cl2N2O4S+2. The van der Waals surface area contributed by atoms with E-state index in [0.29, 0.717) is 0 Å². The molecule has 108 valence electrons. The Hall–Kier alpha value is 0.370. The molecule has 2 N–H and O–H groups in total. The Morgan fingerprint density at radius 1 is 0.889 bits per heavy atom. The van der Waals surface area contributed by atoms with Crippen LogP contribution in [0.15, 0.2) is 0 Å². The molecule has 0 radical (unpaired) electrons. The van der Waals surface area contributed by atoms with E-state index in [2.05, 4.69) is 0 Å². The minimum atomic E-state index is -4.67. The first kappa shape index (κ1) is 16.4. The van der Waals surface area contributed by atoms with E-state index in [1.807, 2.05) is 0 Å². The zero-order valence-corrected chi connectivity index (χ0v) is 12.5. The lowest BCUT2D eigenvalue weighted by molar-refractivity contribution is -0.985. The van der Waals surface area contributed by atoms with Gasteiger partial charge in [-0.3, -0.25) is 18.1 Å². The summed E-state index contributed by atoms with van der Waals surface area (Å²) >= 11 is 11.7. The minimum absolute atomic E-state index is 0.806. The predicted molar refractivity (Wildman–Crippen MR) is 70.2 cm³/mol. The quantitative estimate of drug-likeness (QED) is 0.447. The van der Waals surface area contributed by atoms with Gasteiger partial charge in [0, 0.05) is 0 Å². The third-order valence-electron chi connectivity index (χ3n) is 3.82. The summed E-state index contributed by atoms with van der Waals surface area (Å²) in [5.74, 6) is 1.61. The van der Waals surface area contributed by atoms with Gasteiger partial charge in [0.2, 0.25) is 6.67 Å². The molecule has 0 amide bonds. The van der Waals surface area contributed by atoms with Crippen molar-refractivity contribution in [3.63, 3.8) is 0 Å². The van der Waals surface area contributed by atoms with Crippen LogP contribution in [0.3, 0.4) is 0 Å². The number of fused-ring (bicyclic) bond motifs is 2. The predicted octanol–water partition coefficient (Wildman–Crippen LogP) is 0.430. The number of piperazine rings is 1. The number of rotatable bonds is 4. The SMILES string of the molecule is ClCC[N+]12CC[N+](CCCl)(CC1)C2.O=S(=O)(O)O. The van der Waals surface area contributed by atoms with Crippen LogP contribution in [0.4, 0.5) is 0 Å². The topological polar surface area (TPSA) is 74.6 Å². The zero-order chi connectivity index (χ0) is 13.9. The normalized spacial score (nSPS) is 34.2. The third kappa shape index (κ3) is 4.80. The second kappa shape index (κ2) is 6.21. The van der Waals surface area contributed by atoms with Crippen molar-refractivity contribution < 1.29 is 26.5 Å². The number of nitrogens with zero attached hydrogens (tertiary/aromatic N) is 2. The highest BCUT2D eigenvalue weighted by atomic mass is 35.5. The number of hydrogen-bond acceptors (Lipinski definition) is 2. The highest BCUT2D eigenvalue weighted by molar-refractivity contribution is 7.79. The van der Waals surface area contributed by atoms with E-state index in [0.717, 1.165) is 24.8 Å². The summed E-state index contributed by atoms with van der Waals surface area (Å²) in [6.45, 7) is 8.90. The van der Waals surface area contributed by atoms with Crippen LogP contribution < -0.4 is 0 Å². The summed E-state index contributed by atoms with van der Waals surface area (Å²) < 4.78 is 34.1. The van der Waals surface area contributed by atoms with Gasteiger partial charge in [-0.05, 0) is 0 Å². The van der Waals surface area contributed by atoms with Crippen molar-refractivity contribution in [3.05, 3.63) is 0 Å². The highest BCUT2D eigenvalue weighted by Gasteiger charge is 2.54. The van der Waals surface area contributed by atoms with Crippen molar-refractivity contribution in [1.29, 1.82) is 0 Å². The molecule has 0 saturated carbocycles. The van der Waals surface area contributed by atoms with Gasteiger partial charge in [0.05, 0.1) is 24.8 Å². The van der Waals surface area contributed by atoms with Crippen molar-refractivity contribution in [3.8, 4) is 0 Å². The van der Waals surface area contributed by atoms with Gasteiger partial charge < -0.3 is 0 Å². The summed E-state index contributed by atoms with van der Waals surface area (Å²) in [7, 11) is -4.67. The zero-order valence-electron chi connectivity index (χ0n) is 10.1. The van der Waals surface area contributed by atoms with E-state index >= 15 is 0 Å². The molecule has 2 rings (SSSR count). The molecule has 2 heterocycles. The van der Waals surface area contributed by atoms with Crippen molar-refractivity contribution in [2.75, 3.05) is 57.7 Å². The van der Waals surface area contributed by atoms with E-state index < -0.39 is 10.4 Å². The van der Waals surface area contributed by atoms with Crippen LogP contribution in [0.5, 0.6) is 0 Å². The van der Waals surface area contributed by atoms with Crippen molar-refractivity contribution in [2.45, 2.75) is 0 Å². The van der Waals surface area contributed by atoms with Crippen LogP contribution in [0, 0.1) is 0 Å². The summed E-state index contributed by atoms with van der Waals surface area (Å²) in [4.78, 5) is 0. The first-order valence-corrected chi connectivity index (χ1v) is 8.23. The maximum Gasteiger partial charge on any atom is 0.394 e. The van der Waals surface area contributed by atoms with Gasteiger partial charge in [0.1, 0.15) is 26.2 Å². The lowest BCUT2D eigenvalue weighted by Gasteiger charge is -2.26. The van der Waals surface area contributed by atoms with Crippen LogP contribution in [0.25, 0.3) is 0 Å². The van der Waals surface area contributed by atoms with Gasteiger partial charge in [-0.15, -0.1) is 23.2 Å². The Morgan fingerprint density at radius 3 is 1.39 bits per heavy atom. The molecule has 0 aromatic rings. The molecule has 2 aliphatic heterocycles. The van der Waals surface area contributed by atoms with E-state index in [1.165, 1.54) is 41.8 Å². The lowest BCUT2D eigenvalue weighted by atomic mass is 10.3. The van der Waals surface area contributed by atoms with Crippen LogP contribution >= 0.6 is 23.2 Å². The molecule has 0 aromatic carbocycles. The van der Waals surface area contributed by atoms with Crippen LogP contribution in [0.2, 0.25) is 0 Å². The molecule has 0 spiro atoms. The number of halogens is 2. The second-order valence-corrected chi connectivity index (χ2v) is 6.64. The molecule has 2 fully saturated rings. The highest BCUT2D eigenvalue weighted by Crippen LogP contribution is 2.31. The first-order valence-electron chi connectivity index (χ1n) is 5.76. The smallest absolute Gasteiger partial charge is 0.267 e. The first-order chi connectivity index (χ1) is 8.24. The molecule has 2 aliphatic rings. The Kier molecular flexibility index (Phi) is 5.67. The second-order valence-electron chi connectivity index (χ2n) is 4.99. The lowest BCUT2D eigenvalue weighted by Crippen LogP contribution is -2.48. The van der Waals surface area contributed by atoms with Crippen molar-refractivity contribution in [1.82, 2.24) is 0 Å². The van der Waals surface area contributed by atoms with E-state index in [-0.39, 0.29) is 0 Å². The molecule has 0 atom stereocenters. The maximum atomic E-state index is 8.74. The molecule has 0 aliphatic carbocycles. The summed E-state index contributed by atoms with van der Waals surface area (Å²) in [5.41, 5.74) is 0. The third-order valence-corrected chi connectivity index (χ3v) is 4.15. The van der Waals surface area contributed by atoms with Crippen molar-refractivity contribution in [2.24, 2.45) is 0 Å². The fourth-order valence-electron chi connectivity index (χ4n) is 2.94. The van der Waals surface area contributed by atoms with Gasteiger partial charge in [0.15, 0.2) is 0 Å². The van der Waals surface area contributed by atoms with Crippen LogP contribution in [-0.4, -0.2) is 84.2 Å².